The summed E-state index contributed by atoms with van der Waals surface area (Å²) in [5.41, 5.74) is 2.27. The van der Waals surface area contributed by atoms with Crippen molar-refractivity contribution in [2.45, 2.75) is 20.8 Å². The second kappa shape index (κ2) is 8.87. The zero-order valence-corrected chi connectivity index (χ0v) is 17.5. The molecule has 154 valence electrons. The Morgan fingerprint density at radius 3 is 2.47 bits per heavy atom. The van der Waals surface area contributed by atoms with Crippen molar-refractivity contribution in [2.24, 2.45) is 0 Å². The molecule has 0 aliphatic carbocycles. The van der Waals surface area contributed by atoms with E-state index in [2.05, 4.69) is 5.32 Å². The number of hydrogen-bond donors (Lipinski definition) is 1. The van der Waals surface area contributed by atoms with E-state index in [-0.39, 0.29) is 23.4 Å². The minimum atomic E-state index is -0.537. The smallest absolute Gasteiger partial charge is 0.341 e. The van der Waals surface area contributed by atoms with Crippen LogP contribution in [0.15, 0.2) is 48.5 Å². The van der Waals surface area contributed by atoms with Gasteiger partial charge in [-0.05, 0) is 32.4 Å². The molecule has 1 aromatic heterocycles. The largest absolute Gasteiger partial charge is 0.462 e. The molecule has 0 unspecified atom stereocenters. The highest BCUT2D eigenvalue weighted by atomic mass is 32.1. The van der Waals surface area contributed by atoms with Gasteiger partial charge in [-0.1, -0.05) is 36.4 Å². The van der Waals surface area contributed by atoms with Gasteiger partial charge in [-0.2, -0.15) is 0 Å². The molecule has 3 aromatic rings. The van der Waals surface area contributed by atoms with Crippen LogP contribution in [0.2, 0.25) is 0 Å². The number of amides is 1. The fourth-order valence-electron chi connectivity index (χ4n) is 3.11. The van der Waals surface area contributed by atoms with Crippen molar-refractivity contribution in [1.29, 1.82) is 0 Å². The number of rotatable bonds is 6. The quantitative estimate of drug-likeness (QED) is 0.326. The van der Waals surface area contributed by atoms with Gasteiger partial charge in [0, 0.05) is 27.6 Å². The van der Waals surface area contributed by atoms with E-state index in [4.69, 9.17) is 4.74 Å². The molecule has 0 aliphatic heterocycles. The summed E-state index contributed by atoms with van der Waals surface area (Å²) in [6.45, 7) is 5.37. The van der Waals surface area contributed by atoms with E-state index in [1.165, 1.54) is 29.5 Å². The van der Waals surface area contributed by atoms with Crippen LogP contribution in [-0.4, -0.2) is 23.4 Å². The molecular formula is C22H20N2O5S. The molecule has 0 bridgehead atoms. The van der Waals surface area contributed by atoms with E-state index in [9.17, 15) is 19.7 Å². The van der Waals surface area contributed by atoms with Crippen molar-refractivity contribution in [3.05, 3.63) is 80.2 Å². The number of nitro groups is 1. The summed E-state index contributed by atoms with van der Waals surface area (Å²) in [4.78, 5) is 37.0. The molecule has 0 saturated carbocycles. The zero-order chi connectivity index (χ0) is 21.8. The number of anilines is 1. The molecule has 0 saturated heterocycles. The average Bonchev–Trinajstić information content (AvgIpc) is 3.04. The van der Waals surface area contributed by atoms with Gasteiger partial charge >= 0.3 is 5.97 Å². The van der Waals surface area contributed by atoms with Crippen LogP contribution in [0, 0.1) is 24.0 Å². The van der Waals surface area contributed by atoms with Crippen LogP contribution in [-0.2, 0) is 4.74 Å². The van der Waals surface area contributed by atoms with Gasteiger partial charge in [0.1, 0.15) is 10.6 Å². The topological polar surface area (TPSA) is 98.5 Å². The van der Waals surface area contributed by atoms with E-state index in [0.717, 1.165) is 10.4 Å². The fourth-order valence-corrected chi connectivity index (χ4v) is 4.17. The molecule has 7 nitrogen and oxygen atoms in total. The lowest BCUT2D eigenvalue weighted by Crippen LogP contribution is -2.15. The first-order valence-electron chi connectivity index (χ1n) is 9.25. The molecule has 1 amide bonds. The normalized spacial score (nSPS) is 10.5. The van der Waals surface area contributed by atoms with E-state index in [1.807, 2.05) is 37.3 Å². The number of carbonyl (C=O) groups is 2. The Morgan fingerprint density at radius 2 is 1.83 bits per heavy atom. The van der Waals surface area contributed by atoms with E-state index in [0.29, 0.717) is 16.1 Å². The lowest BCUT2D eigenvalue weighted by atomic mass is 10.0. The van der Waals surface area contributed by atoms with Gasteiger partial charge in [0.2, 0.25) is 0 Å². The Balaban J connectivity index is 2.04. The molecular weight excluding hydrogens is 404 g/mol. The van der Waals surface area contributed by atoms with Gasteiger partial charge in [0.15, 0.2) is 0 Å². The first-order valence-corrected chi connectivity index (χ1v) is 10.1. The Kier molecular flexibility index (Phi) is 6.27. The van der Waals surface area contributed by atoms with Crippen LogP contribution in [0.4, 0.5) is 10.7 Å². The highest BCUT2D eigenvalue weighted by molar-refractivity contribution is 7.17. The third-order valence-electron chi connectivity index (χ3n) is 4.52. The SMILES string of the molecule is CCOC(=O)c1c(NC(=O)c2ccc(C)c([N+](=O)[O-])c2)sc(C)c1-c1ccccc1. The van der Waals surface area contributed by atoms with Crippen LogP contribution >= 0.6 is 11.3 Å². The monoisotopic (exact) mass is 424 g/mol. The number of esters is 1. The summed E-state index contributed by atoms with van der Waals surface area (Å²) >= 11 is 1.26. The molecule has 0 radical (unpaired) electrons. The molecule has 2 aromatic carbocycles. The number of carbonyl (C=O) groups excluding carboxylic acids is 2. The van der Waals surface area contributed by atoms with E-state index >= 15 is 0 Å². The predicted octanol–water partition coefficient (Wildman–Crippen LogP) is 5.37. The molecule has 30 heavy (non-hydrogen) atoms. The molecule has 0 fully saturated rings. The van der Waals surface area contributed by atoms with Crippen molar-refractivity contribution >= 4 is 33.9 Å². The van der Waals surface area contributed by atoms with Crippen molar-refractivity contribution < 1.29 is 19.2 Å². The fraction of sp³-hybridized carbons (Fsp3) is 0.182. The van der Waals surface area contributed by atoms with Crippen molar-refractivity contribution in [1.82, 2.24) is 0 Å². The lowest BCUT2D eigenvalue weighted by molar-refractivity contribution is -0.385. The number of nitro benzene ring substituents is 1. The van der Waals surface area contributed by atoms with E-state index in [1.54, 1.807) is 13.8 Å². The molecule has 8 heteroatoms. The molecule has 0 aliphatic rings. The minimum absolute atomic E-state index is 0.134. The maximum atomic E-state index is 12.8. The number of benzene rings is 2. The molecule has 3 rings (SSSR count). The molecule has 0 spiro atoms. The molecule has 1 N–H and O–H groups in total. The van der Waals surface area contributed by atoms with Crippen LogP contribution in [0.25, 0.3) is 11.1 Å². The standard InChI is InChI=1S/C22H20N2O5S/c1-4-29-22(26)19-18(15-8-6-5-7-9-15)14(3)30-21(19)23-20(25)16-11-10-13(2)17(12-16)24(27)28/h5-12H,4H2,1-3H3,(H,23,25). The number of hydrogen-bond acceptors (Lipinski definition) is 6. The van der Waals surface area contributed by atoms with Crippen molar-refractivity contribution in [3.8, 4) is 11.1 Å². The number of ether oxygens (including phenoxy) is 1. The molecule has 0 atom stereocenters. The Morgan fingerprint density at radius 1 is 1.13 bits per heavy atom. The van der Waals surface area contributed by atoms with Crippen LogP contribution < -0.4 is 5.32 Å². The summed E-state index contributed by atoms with van der Waals surface area (Å²) in [6, 6.07) is 13.6. The van der Waals surface area contributed by atoms with Gasteiger partial charge in [-0.3, -0.25) is 14.9 Å². The van der Waals surface area contributed by atoms with Crippen LogP contribution in [0.5, 0.6) is 0 Å². The van der Waals surface area contributed by atoms with E-state index < -0.39 is 16.8 Å². The van der Waals surface area contributed by atoms with Gasteiger partial charge in [-0.15, -0.1) is 11.3 Å². The number of aryl methyl sites for hydroxylation is 2. The Hall–Kier alpha value is -3.52. The summed E-state index contributed by atoms with van der Waals surface area (Å²) < 4.78 is 5.22. The van der Waals surface area contributed by atoms with Crippen LogP contribution in [0.1, 0.15) is 38.1 Å². The highest BCUT2D eigenvalue weighted by Gasteiger charge is 2.26. The highest BCUT2D eigenvalue weighted by Crippen LogP contribution is 2.40. The first-order chi connectivity index (χ1) is 14.3. The van der Waals surface area contributed by atoms with Crippen molar-refractivity contribution in [2.75, 3.05) is 11.9 Å². The van der Waals surface area contributed by atoms with Crippen molar-refractivity contribution in [3.63, 3.8) is 0 Å². The molecule has 1 heterocycles. The van der Waals surface area contributed by atoms with Gasteiger partial charge in [0.05, 0.1) is 11.5 Å². The maximum absolute atomic E-state index is 12.8. The summed E-state index contributed by atoms with van der Waals surface area (Å²) in [6.07, 6.45) is 0. The van der Waals surface area contributed by atoms with Gasteiger partial charge < -0.3 is 10.1 Å². The van der Waals surface area contributed by atoms with Gasteiger partial charge in [-0.25, -0.2) is 4.79 Å². The Labute approximate surface area is 177 Å². The Bertz CT molecular complexity index is 1120. The average molecular weight is 424 g/mol. The predicted molar refractivity (Wildman–Crippen MR) is 116 cm³/mol. The summed E-state index contributed by atoms with van der Waals surface area (Å²) in [5, 5.41) is 14.3. The number of thiophene rings is 1. The second-order valence-electron chi connectivity index (χ2n) is 6.54. The number of nitrogens with one attached hydrogen (secondary N) is 1. The van der Waals surface area contributed by atoms with Crippen LogP contribution in [0.3, 0.4) is 0 Å². The maximum Gasteiger partial charge on any atom is 0.341 e. The third kappa shape index (κ3) is 4.23. The van der Waals surface area contributed by atoms with Gasteiger partial charge in [0.25, 0.3) is 11.6 Å². The number of nitrogens with zero attached hydrogens (tertiary/aromatic N) is 1. The zero-order valence-electron chi connectivity index (χ0n) is 16.7. The minimum Gasteiger partial charge on any atom is -0.462 e. The lowest BCUT2D eigenvalue weighted by Gasteiger charge is -2.09. The summed E-state index contributed by atoms with van der Waals surface area (Å²) in [7, 11) is 0. The summed E-state index contributed by atoms with van der Waals surface area (Å²) in [5.74, 6) is -1.07. The first kappa shape index (κ1) is 21.2. The second-order valence-corrected chi connectivity index (χ2v) is 7.76. The third-order valence-corrected chi connectivity index (χ3v) is 5.54.